The maximum Gasteiger partial charge on any atom is 0.254 e. The number of rotatable bonds is 3. The minimum atomic E-state index is 0.142. The van der Waals surface area contributed by atoms with E-state index in [1.165, 1.54) is 0 Å². The molecule has 0 spiro atoms. The molecule has 104 valence electrons. The Labute approximate surface area is 119 Å². The number of carbonyl (C=O) groups excluding carboxylic acids is 1. The van der Waals surface area contributed by atoms with E-state index in [2.05, 4.69) is 13.8 Å². The molecule has 2 unspecified atom stereocenters. The Bertz CT molecular complexity index is 432. The molecule has 3 nitrogen and oxygen atoms in total. The topological polar surface area (TPSA) is 29.5 Å². The van der Waals surface area contributed by atoms with Gasteiger partial charge in [0, 0.05) is 36.3 Å². The van der Waals surface area contributed by atoms with Crippen molar-refractivity contribution < 1.29 is 9.53 Å². The first-order chi connectivity index (χ1) is 9.13. The number of ether oxygens (including phenoxy) is 1. The van der Waals surface area contributed by atoms with Gasteiger partial charge in [0.25, 0.3) is 5.91 Å². The monoisotopic (exact) mass is 279 g/mol. The summed E-state index contributed by atoms with van der Waals surface area (Å²) in [6, 6.07) is 8.02. The molecule has 1 aromatic carbocycles. The van der Waals surface area contributed by atoms with Gasteiger partial charge in [0.1, 0.15) is 0 Å². The van der Waals surface area contributed by atoms with Crippen LogP contribution in [0.2, 0.25) is 0 Å². The van der Waals surface area contributed by atoms with Crippen LogP contribution < -0.4 is 0 Å². The predicted molar refractivity (Wildman–Crippen MR) is 79.6 cm³/mol. The highest BCUT2D eigenvalue weighted by atomic mass is 32.2. The Morgan fingerprint density at radius 3 is 2.68 bits per heavy atom. The van der Waals surface area contributed by atoms with Crippen LogP contribution in [0.1, 0.15) is 29.8 Å². The summed E-state index contributed by atoms with van der Waals surface area (Å²) in [6.45, 7) is 5.75. The van der Waals surface area contributed by atoms with Gasteiger partial charge in [-0.15, -0.1) is 0 Å². The molecule has 4 heteroatoms. The molecule has 0 radical (unpaired) electrons. The van der Waals surface area contributed by atoms with Crippen molar-refractivity contribution in [3.63, 3.8) is 0 Å². The van der Waals surface area contributed by atoms with Crippen LogP contribution in [0.25, 0.3) is 0 Å². The molecule has 1 saturated heterocycles. The molecule has 1 aliphatic heterocycles. The first-order valence-corrected chi connectivity index (χ1v) is 7.69. The number of methoxy groups -OCH3 is 1. The first kappa shape index (κ1) is 14.4. The molecule has 0 bridgehead atoms. The predicted octanol–water partition coefficient (Wildman–Crippen LogP) is 2.80. The Morgan fingerprint density at radius 2 is 2.05 bits per heavy atom. The molecule has 1 fully saturated rings. The van der Waals surface area contributed by atoms with Crippen molar-refractivity contribution >= 4 is 17.7 Å². The van der Waals surface area contributed by atoms with E-state index < -0.39 is 0 Å². The van der Waals surface area contributed by atoms with Crippen molar-refractivity contribution in [3.05, 3.63) is 35.4 Å². The molecule has 1 aromatic rings. The summed E-state index contributed by atoms with van der Waals surface area (Å²) in [5.41, 5.74) is 1.86. The van der Waals surface area contributed by atoms with Gasteiger partial charge >= 0.3 is 0 Å². The lowest BCUT2D eigenvalue weighted by Crippen LogP contribution is -2.47. The molecular weight excluding hydrogens is 258 g/mol. The third-order valence-corrected chi connectivity index (χ3v) is 4.99. The fourth-order valence-corrected chi connectivity index (χ4v) is 3.40. The smallest absolute Gasteiger partial charge is 0.254 e. The van der Waals surface area contributed by atoms with Crippen LogP contribution in [0.3, 0.4) is 0 Å². The van der Waals surface area contributed by atoms with Crippen molar-refractivity contribution in [1.82, 2.24) is 4.90 Å². The largest absolute Gasteiger partial charge is 0.380 e. The Morgan fingerprint density at radius 1 is 1.37 bits per heavy atom. The number of hydrogen-bond acceptors (Lipinski definition) is 3. The fourth-order valence-electron chi connectivity index (χ4n) is 2.30. The highest BCUT2D eigenvalue weighted by Gasteiger charge is 2.29. The van der Waals surface area contributed by atoms with Crippen molar-refractivity contribution in [2.24, 2.45) is 0 Å². The van der Waals surface area contributed by atoms with Crippen molar-refractivity contribution in [1.29, 1.82) is 0 Å². The molecule has 0 N–H and O–H groups in total. The second kappa shape index (κ2) is 6.44. The van der Waals surface area contributed by atoms with Gasteiger partial charge in [-0.25, -0.2) is 0 Å². The van der Waals surface area contributed by atoms with Crippen LogP contribution in [0.4, 0.5) is 0 Å². The highest BCUT2D eigenvalue weighted by Crippen LogP contribution is 2.25. The van der Waals surface area contributed by atoms with Crippen LogP contribution in [-0.4, -0.2) is 41.5 Å². The Balaban J connectivity index is 2.10. The van der Waals surface area contributed by atoms with Gasteiger partial charge in [-0.05, 0) is 24.6 Å². The zero-order valence-electron chi connectivity index (χ0n) is 11.8. The normalized spacial score (nSPS) is 23.4. The van der Waals surface area contributed by atoms with E-state index in [1.807, 2.05) is 40.9 Å². The van der Waals surface area contributed by atoms with Gasteiger partial charge in [0.05, 0.1) is 6.61 Å². The van der Waals surface area contributed by atoms with Crippen molar-refractivity contribution in [2.75, 3.05) is 19.4 Å². The summed E-state index contributed by atoms with van der Waals surface area (Å²) in [4.78, 5) is 14.5. The van der Waals surface area contributed by atoms with E-state index in [0.29, 0.717) is 17.9 Å². The first-order valence-electron chi connectivity index (χ1n) is 6.64. The third kappa shape index (κ3) is 3.31. The van der Waals surface area contributed by atoms with E-state index in [1.54, 1.807) is 7.11 Å². The highest BCUT2D eigenvalue weighted by molar-refractivity contribution is 8.00. The van der Waals surface area contributed by atoms with Crippen LogP contribution in [0.15, 0.2) is 24.3 Å². The summed E-state index contributed by atoms with van der Waals surface area (Å²) in [5.74, 6) is 1.17. The lowest BCUT2D eigenvalue weighted by Gasteiger charge is -2.37. The summed E-state index contributed by atoms with van der Waals surface area (Å²) in [7, 11) is 1.67. The van der Waals surface area contributed by atoms with Crippen LogP contribution in [0, 0.1) is 0 Å². The molecule has 1 amide bonds. The number of benzene rings is 1. The molecule has 2 atom stereocenters. The Kier molecular flexibility index (Phi) is 4.88. The van der Waals surface area contributed by atoms with Crippen molar-refractivity contribution in [3.8, 4) is 0 Å². The summed E-state index contributed by atoms with van der Waals surface area (Å²) < 4.78 is 5.08. The van der Waals surface area contributed by atoms with Gasteiger partial charge in [0.2, 0.25) is 0 Å². The van der Waals surface area contributed by atoms with E-state index in [9.17, 15) is 4.79 Å². The van der Waals surface area contributed by atoms with Crippen LogP contribution >= 0.6 is 11.8 Å². The standard InChI is InChI=1S/C15H21NO2S/c1-11-12(2)19-9-8-16(11)15(17)14-6-4-13(5-7-14)10-18-3/h4-7,11-12H,8-10H2,1-3H3. The van der Waals surface area contributed by atoms with Crippen molar-refractivity contribution in [2.45, 2.75) is 31.7 Å². The maximum absolute atomic E-state index is 12.5. The van der Waals surface area contributed by atoms with E-state index in [0.717, 1.165) is 23.4 Å². The SMILES string of the molecule is COCc1ccc(C(=O)N2CCSC(C)C2C)cc1. The summed E-state index contributed by atoms with van der Waals surface area (Å²) in [6.07, 6.45) is 0. The molecule has 0 aromatic heterocycles. The van der Waals surface area contributed by atoms with Gasteiger partial charge in [-0.1, -0.05) is 19.1 Å². The lowest BCUT2D eigenvalue weighted by molar-refractivity contribution is 0.0698. The quantitative estimate of drug-likeness (QED) is 0.852. The average Bonchev–Trinajstić information content (AvgIpc) is 2.42. The van der Waals surface area contributed by atoms with Crippen LogP contribution in [-0.2, 0) is 11.3 Å². The number of nitrogens with zero attached hydrogens (tertiary/aromatic N) is 1. The molecule has 0 saturated carbocycles. The molecular formula is C15H21NO2S. The molecule has 0 aliphatic carbocycles. The average molecular weight is 279 g/mol. The zero-order chi connectivity index (χ0) is 13.8. The summed E-state index contributed by atoms with van der Waals surface area (Å²) >= 11 is 1.94. The minimum absolute atomic E-state index is 0.142. The number of thioether (sulfide) groups is 1. The number of hydrogen-bond donors (Lipinski definition) is 0. The van der Waals surface area contributed by atoms with Gasteiger partial charge in [-0.2, -0.15) is 11.8 Å². The Hall–Kier alpha value is -1.00. The summed E-state index contributed by atoms with van der Waals surface area (Å²) in [5, 5.41) is 0.505. The second-order valence-corrected chi connectivity index (χ2v) is 6.43. The minimum Gasteiger partial charge on any atom is -0.380 e. The lowest BCUT2D eigenvalue weighted by atomic mass is 10.1. The van der Waals surface area contributed by atoms with Gasteiger partial charge in [0.15, 0.2) is 0 Å². The van der Waals surface area contributed by atoms with E-state index >= 15 is 0 Å². The number of carbonyl (C=O) groups is 1. The van der Waals surface area contributed by atoms with Gasteiger partial charge < -0.3 is 9.64 Å². The van der Waals surface area contributed by atoms with Crippen LogP contribution in [0.5, 0.6) is 0 Å². The molecule has 19 heavy (non-hydrogen) atoms. The fraction of sp³-hybridized carbons (Fsp3) is 0.533. The van der Waals surface area contributed by atoms with E-state index in [-0.39, 0.29) is 5.91 Å². The maximum atomic E-state index is 12.5. The zero-order valence-corrected chi connectivity index (χ0v) is 12.6. The third-order valence-electron chi connectivity index (χ3n) is 3.66. The molecule has 1 aliphatic rings. The molecule has 1 heterocycles. The van der Waals surface area contributed by atoms with E-state index in [4.69, 9.17) is 4.74 Å². The van der Waals surface area contributed by atoms with Gasteiger partial charge in [-0.3, -0.25) is 4.79 Å². The second-order valence-electron chi connectivity index (χ2n) is 4.94. The molecule has 2 rings (SSSR count). The number of amides is 1.